The molecule has 0 atom stereocenters. The zero-order chi connectivity index (χ0) is 17.5. The number of allylic oxidation sites excluding steroid dienone is 1. The van der Waals surface area contributed by atoms with E-state index in [0.717, 1.165) is 31.6 Å². The van der Waals surface area contributed by atoms with Gasteiger partial charge in [0.2, 0.25) is 0 Å². The number of hydrogen-bond donors (Lipinski definition) is 0. The summed E-state index contributed by atoms with van der Waals surface area (Å²) in [5.74, 6) is 0.597. The van der Waals surface area contributed by atoms with E-state index < -0.39 is 0 Å². The Labute approximate surface area is 150 Å². The molecule has 0 radical (unpaired) electrons. The molecule has 1 aromatic rings. The van der Waals surface area contributed by atoms with Gasteiger partial charge in [0.1, 0.15) is 16.6 Å². The van der Waals surface area contributed by atoms with Crippen LogP contribution in [0.15, 0.2) is 46.6 Å². The van der Waals surface area contributed by atoms with Crippen LogP contribution in [0.2, 0.25) is 0 Å². The van der Waals surface area contributed by atoms with Crippen LogP contribution in [0.4, 0.5) is 0 Å². The molecule has 1 aliphatic rings. The average Bonchev–Trinajstić information content (AvgIpc) is 2.61. The molecule has 5 heteroatoms. The van der Waals surface area contributed by atoms with E-state index in [-0.39, 0.29) is 0 Å². The fourth-order valence-electron chi connectivity index (χ4n) is 2.95. The normalized spacial score (nSPS) is 16.7. The van der Waals surface area contributed by atoms with Crippen molar-refractivity contribution in [3.8, 4) is 6.07 Å². The summed E-state index contributed by atoms with van der Waals surface area (Å²) < 4.78 is 0. The maximum absolute atomic E-state index is 9.48. The highest BCUT2D eigenvalue weighted by Crippen LogP contribution is 2.29. The minimum Gasteiger partial charge on any atom is -0.374 e. The van der Waals surface area contributed by atoms with E-state index in [2.05, 4.69) is 46.3 Å². The van der Waals surface area contributed by atoms with Crippen LogP contribution >= 0.6 is 12.2 Å². The monoisotopic (exact) mass is 340 g/mol. The van der Waals surface area contributed by atoms with Gasteiger partial charge in [0.25, 0.3) is 0 Å². The molecule has 0 unspecified atom stereocenters. The van der Waals surface area contributed by atoms with Crippen molar-refractivity contribution in [3.05, 3.63) is 47.2 Å². The van der Waals surface area contributed by atoms with Gasteiger partial charge in [0.15, 0.2) is 0 Å². The topological polar surface area (TPSA) is 42.6 Å². The molecular weight excluding hydrogens is 316 g/mol. The first-order valence-electron chi connectivity index (χ1n) is 8.18. The maximum Gasteiger partial charge on any atom is 0.147 e. The van der Waals surface area contributed by atoms with Crippen LogP contribution in [-0.4, -0.2) is 48.3 Å². The SMILES string of the molecule is CC(=C(C#N)C(=S)N=CN(C)C)N1CCC(c2ccccc2)CC1. The van der Waals surface area contributed by atoms with E-state index in [1.165, 1.54) is 5.56 Å². The smallest absolute Gasteiger partial charge is 0.147 e. The first-order valence-corrected chi connectivity index (χ1v) is 8.59. The van der Waals surface area contributed by atoms with Gasteiger partial charge in [-0.15, -0.1) is 0 Å². The molecule has 0 bridgehead atoms. The Morgan fingerprint density at radius 1 is 1.29 bits per heavy atom. The number of likely N-dealkylation sites (tertiary alicyclic amines) is 1. The largest absolute Gasteiger partial charge is 0.374 e. The van der Waals surface area contributed by atoms with Gasteiger partial charge in [0.05, 0.1) is 6.34 Å². The van der Waals surface area contributed by atoms with E-state index >= 15 is 0 Å². The number of benzene rings is 1. The van der Waals surface area contributed by atoms with Gasteiger partial charge < -0.3 is 9.80 Å². The Morgan fingerprint density at radius 2 is 1.92 bits per heavy atom. The highest BCUT2D eigenvalue weighted by molar-refractivity contribution is 7.80. The quantitative estimate of drug-likeness (QED) is 0.276. The van der Waals surface area contributed by atoms with Crippen molar-refractivity contribution in [2.75, 3.05) is 27.2 Å². The standard InChI is InChI=1S/C19H24N4S/c1-15(18(13-20)19(24)21-14-22(2)3)23-11-9-17(10-12-23)16-7-5-4-6-8-16/h4-8,14,17H,9-12H2,1-3H3. The van der Waals surface area contributed by atoms with Gasteiger partial charge in [-0.05, 0) is 31.2 Å². The van der Waals surface area contributed by atoms with E-state index in [4.69, 9.17) is 12.2 Å². The molecule has 0 spiro atoms. The Balaban J connectivity index is 2.06. The van der Waals surface area contributed by atoms with Gasteiger partial charge in [0, 0.05) is 32.9 Å². The minimum atomic E-state index is 0.355. The van der Waals surface area contributed by atoms with Crippen molar-refractivity contribution < 1.29 is 0 Å². The number of thiocarbonyl (C=S) groups is 1. The van der Waals surface area contributed by atoms with E-state index in [1.807, 2.05) is 25.9 Å². The Morgan fingerprint density at radius 3 is 2.46 bits per heavy atom. The predicted octanol–water partition coefficient (Wildman–Crippen LogP) is 3.58. The zero-order valence-electron chi connectivity index (χ0n) is 14.6. The van der Waals surface area contributed by atoms with Gasteiger partial charge in [-0.3, -0.25) is 0 Å². The molecule has 1 saturated heterocycles. The van der Waals surface area contributed by atoms with Crippen molar-refractivity contribution in [3.63, 3.8) is 0 Å². The van der Waals surface area contributed by atoms with Crippen LogP contribution in [0.3, 0.4) is 0 Å². The summed E-state index contributed by atoms with van der Waals surface area (Å²) in [7, 11) is 3.76. The number of piperidine rings is 1. The molecule has 1 aliphatic heterocycles. The molecule has 126 valence electrons. The van der Waals surface area contributed by atoms with Gasteiger partial charge in [-0.25, -0.2) is 4.99 Å². The third kappa shape index (κ3) is 4.65. The molecule has 1 aromatic carbocycles. The maximum atomic E-state index is 9.48. The van der Waals surface area contributed by atoms with E-state index in [9.17, 15) is 5.26 Å². The van der Waals surface area contributed by atoms with E-state index in [0.29, 0.717) is 16.5 Å². The Bertz CT molecular complexity index is 662. The summed E-state index contributed by atoms with van der Waals surface area (Å²) in [4.78, 5) is 8.62. The number of aliphatic imine (C=N–C) groups is 1. The summed E-state index contributed by atoms with van der Waals surface area (Å²) in [6.45, 7) is 3.85. The molecule has 0 amide bonds. The van der Waals surface area contributed by atoms with Crippen molar-refractivity contribution >= 4 is 23.5 Å². The molecule has 0 aliphatic carbocycles. The van der Waals surface area contributed by atoms with Crippen molar-refractivity contribution in [2.45, 2.75) is 25.7 Å². The fourth-order valence-corrected chi connectivity index (χ4v) is 3.19. The number of nitrogens with zero attached hydrogens (tertiary/aromatic N) is 4. The van der Waals surface area contributed by atoms with E-state index in [1.54, 1.807) is 6.34 Å². The lowest BCUT2D eigenvalue weighted by Gasteiger charge is -2.34. The second-order valence-electron chi connectivity index (χ2n) is 6.26. The van der Waals surface area contributed by atoms with Crippen LogP contribution in [0.25, 0.3) is 0 Å². The molecule has 1 heterocycles. The van der Waals surface area contributed by atoms with Crippen molar-refractivity contribution in [1.29, 1.82) is 5.26 Å². The highest BCUT2D eigenvalue weighted by atomic mass is 32.1. The lowest BCUT2D eigenvalue weighted by Crippen LogP contribution is -2.32. The molecule has 0 N–H and O–H groups in total. The van der Waals surface area contributed by atoms with Crippen LogP contribution in [-0.2, 0) is 0 Å². The molecule has 1 fully saturated rings. The summed E-state index contributed by atoms with van der Waals surface area (Å²) in [5.41, 5.74) is 2.84. The Kier molecular flexibility index (Phi) is 6.51. The van der Waals surface area contributed by atoms with Crippen LogP contribution in [0, 0.1) is 11.3 Å². The summed E-state index contributed by atoms with van der Waals surface area (Å²) in [5, 5.41) is 9.48. The lowest BCUT2D eigenvalue weighted by molar-refractivity contribution is 0.263. The third-order valence-corrected chi connectivity index (χ3v) is 4.64. The minimum absolute atomic E-state index is 0.355. The molecule has 24 heavy (non-hydrogen) atoms. The third-order valence-electron chi connectivity index (χ3n) is 4.33. The number of rotatable bonds is 4. The molecule has 0 aromatic heterocycles. The zero-order valence-corrected chi connectivity index (χ0v) is 15.4. The highest BCUT2D eigenvalue weighted by Gasteiger charge is 2.22. The average molecular weight is 340 g/mol. The molecular formula is C19H24N4S. The molecule has 0 saturated carbocycles. The second-order valence-corrected chi connectivity index (χ2v) is 6.64. The van der Waals surface area contributed by atoms with Crippen molar-refractivity contribution in [1.82, 2.24) is 9.80 Å². The van der Waals surface area contributed by atoms with Gasteiger partial charge >= 0.3 is 0 Å². The Hall–Kier alpha value is -2.19. The number of hydrogen-bond acceptors (Lipinski definition) is 3. The number of nitriles is 1. The van der Waals surface area contributed by atoms with Crippen molar-refractivity contribution in [2.24, 2.45) is 4.99 Å². The van der Waals surface area contributed by atoms with Crippen LogP contribution in [0.5, 0.6) is 0 Å². The first-order chi connectivity index (χ1) is 11.5. The first kappa shape index (κ1) is 18.2. The summed E-state index contributed by atoms with van der Waals surface area (Å²) in [6.07, 6.45) is 3.82. The fraction of sp³-hybridized carbons (Fsp3) is 0.421. The summed E-state index contributed by atoms with van der Waals surface area (Å²) >= 11 is 5.31. The van der Waals surface area contributed by atoms with Gasteiger partial charge in [-0.2, -0.15) is 5.26 Å². The van der Waals surface area contributed by atoms with Gasteiger partial charge in [-0.1, -0.05) is 42.5 Å². The molecule has 2 rings (SSSR count). The van der Waals surface area contributed by atoms with Crippen LogP contribution < -0.4 is 0 Å². The lowest BCUT2D eigenvalue weighted by atomic mass is 9.89. The molecule has 4 nitrogen and oxygen atoms in total. The summed E-state index contributed by atoms with van der Waals surface area (Å²) in [6, 6.07) is 12.9. The van der Waals surface area contributed by atoms with Crippen LogP contribution in [0.1, 0.15) is 31.2 Å². The predicted molar refractivity (Wildman–Crippen MR) is 103 cm³/mol. The second kappa shape index (κ2) is 8.60.